The van der Waals surface area contributed by atoms with E-state index in [1.165, 1.54) is 11.8 Å². The Balaban J connectivity index is 1.50. The lowest BCUT2D eigenvalue weighted by Gasteiger charge is -2.07. The van der Waals surface area contributed by atoms with Crippen LogP contribution in [-0.4, -0.2) is 32.3 Å². The van der Waals surface area contributed by atoms with Crippen LogP contribution >= 0.6 is 23.1 Å². The van der Waals surface area contributed by atoms with E-state index in [1.807, 2.05) is 35.2 Å². The molecule has 0 aliphatic rings. The average molecular weight is 373 g/mol. The highest BCUT2D eigenvalue weighted by molar-refractivity contribution is 7.99. The molecule has 0 aliphatic heterocycles. The number of nitrogens with one attached hydrogen (secondary N) is 2. The molecule has 0 unspecified atom stereocenters. The lowest BCUT2D eigenvalue weighted by atomic mass is 10.2. The summed E-state index contributed by atoms with van der Waals surface area (Å²) in [6.45, 7) is 0. The van der Waals surface area contributed by atoms with Gasteiger partial charge in [0.2, 0.25) is 5.91 Å². The highest BCUT2D eigenvalue weighted by Gasteiger charge is 2.14. The SMILES string of the molecule is Cn1c(SCC(=O)NNC(=O)c2ccccc2)nnc1-c1cccs1. The number of carbonyl (C=O) groups is 2. The number of benzene rings is 1. The molecule has 0 aliphatic carbocycles. The Labute approximate surface area is 152 Å². The summed E-state index contributed by atoms with van der Waals surface area (Å²) >= 11 is 2.83. The summed E-state index contributed by atoms with van der Waals surface area (Å²) in [5, 5.41) is 10.9. The van der Waals surface area contributed by atoms with Gasteiger partial charge in [-0.2, -0.15) is 0 Å². The maximum atomic E-state index is 11.9. The largest absolute Gasteiger partial charge is 0.304 e. The first-order valence-electron chi connectivity index (χ1n) is 7.35. The molecule has 3 aromatic rings. The highest BCUT2D eigenvalue weighted by Crippen LogP contribution is 2.25. The first-order valence-corrected chi connectivity index (χ1v) is 9.22. The van der Waals surface area contributed by atoms with Gasteiger partial charge in [0.25, 0.3) is 5.91 Å². The Morgan fingerprint density at radius 2 is 1.92 bits per heavy atom. The minimum absolute atomic E-state index is 0.117. The van der Waals surface area contributed by atoms with Gasteiger partial charge in [-0.25, -0.2) is 0 Å². The number of amides is 2. The fourth-order valence-electron chi connectivity index (χ4n) is 2.02. The number of nitrogens with zero attached hydrogens (tertiary/aromatic N) is 3. The zero-order valence-electron chi connectivity index (χ0n) is 13.3. The first kappa shape index (κ1) is 17.2. The molecule has 0 fully saturated rings. The van der Waals surface area contributed by atoms with Gasteiger partial charge in [0.15, 0.2) is 11.0 Å². The molecule has 7 nitrogen and oxygen atoms in total. The zero-order valence-corrected chi connectivity index (χ0v) is 14.9. The molecule has 2 aromatic heterocycles. The Morgan fingerprint density at radius 3 is 2.64 bits per heavy atom. The van der Waals surface area contributed by atoms with E-state index in [1.54, 1.807) is 35.6 Å². The summed E-state index contributed by atoms with van der Waals surface area (Å²) in [7, 11) is 1.85. The molecule has 0 spiro atoms. The number of hydrazine groups is 1. The molecule has 0 saturated carbocycles. The second kappa shape index (κ2) is 7.95. The summed E-state index contributed by atoms with van der Waals surface area (Å²) in [5.74, 6) is 0.189. The van der Waals surface area contributed by atoms with Crippen molar-refractivity contribution >= 4 is 34.9 Å². The second-order valence-corrected chi connectivity index (χ2v) is 6.89. The zero-order chi connectivity index (χ0) is 17.6. The number of thioether (sulfide) groups is 1. The average Bonchev–Trinajstić information content (AvgIpc) is 3.28. The number of hydrogen-bond acceptors (Lipinski definition) is 6. The van der Waals surface area contributed by atoms with Crippen molar-refractivity contribution in [2.24, 2.45) is 7.05 Å². The molecular formula is C16H15N5O2S2. The maximum absolute atomic E-state index is 11.9. The Hall–Kier alpha value is -2.65. The maximum Gasteiger partial charge on any atom is 0.269 e. The van der Waals surface area contributed by atoms with Gasteiger partial charge in [0.1, 0.15) is 0 Å². The smallest absolute Gasteiger partial charge is 0.269 e. The topological polar surface area (TPSA) is 88.9 Å². The van der Waals surface area contributed by atoms with Crippen LogP contribution in [0.2, 0.25) is 0 Å². The van der Waals surface area contributed by atoms with Crippen LogP contribution in [0.1, 0.15) is 10.4 Å². The van der Waals surface area contributed by atoms with Crippen molar-refractivity contribution in [2.75, 3.05) is 5.75 Å². The Kier molecular flexibility index (Phi) is 5.46. The fraction of sp³-hybridized carbons (Fsp3) is 0.125. The van der Waals surface area contributed by atoms with Crippen LogP contribution in [-0.2, 0) is 11.8 Å². The summed E-state index contributed by atoms with van der Waals surface area (Å²) < 4.78 is 1.84. The normalized spacial score (nSPS) is 10.4. The molecule has 1 aromatic carbocycles. The number of rotatable bonds is 5. The van der Waals surface area contributed by atoms with E-state index in [9.17, 15) is 9.59 Å². The number of hydrogen-bond donors (Lipinski definition) is 2. The fourth-order valence-corrected chi connectivity index (χ4v) is 3.47. The van der Waals surface area contributed by atoms with E-state index in [0.29, 0.717) is 10.7 Å². The third-order valence-electron chi connectivity index (χ3n) is 3.26. The van der Waals surface area contributed by atoms with E-state index >= 15 is 0 Å². The van der Waals surface area contributed by atoms with Crippen molar-refractivity contribution in [3.63, 3.8) is 0 Å². The number of aromatic nitrogens is 3. The van der Waals surface area contributed by atoms with E-state index in [2.05, 4.69) is 21.0 Å². The van der Waals surface area contributed by atoms with Crippen LogP contribution in [0.4, 0.5) is 0 Å². The van der Waals surface area contributed by atoms with Gasteiger partial charge in [-0.1, -0.05) is 36.0 Å². The van der Waals surface area contributed by atoms with Gasteiger partial charge in [0, 0.05) is 12.6 Å². The standard InChI is InChI=1S/C16H15N5O2S2/c1-21-14(12-8-5-9-24-12)18-20-16(21)25-10-13(22)17-19-15(23)11-6-3-2-4-7-11/h2-9H,10H2,1H3,(H,17,22)(H,19,23). The minimum atomic E-state index is -0.363. The van der Waals surface area contributed by atoms with Gasteiger partial charge < -0.3 is 4.57 Å². The molecule has 2 N–H and O–H groups in total. The highest BCUT2D eigenvalue weighted by atomic mass is 32.2. The lowest BCUT2D eigenvalue weighted by molar-refractivity contribution is -0.119. The summed E-state index contributed by atoms with van der Waals surface area (Å²) in [6.07, 6.45) is 0. The molecule has 0 radical (unpaired) electrons. The van der Waals surface area contributed by atoms with Crippen LogP contribution in [0, 0.1) is 0 Å². The molecular weight excluding hydrogens is 358 g/mol. The third kappa shape index (κ3) is 4.25. The summed E-state index contributed by atoms with van der Waals surface area (Å²) in [5.41, 5.74) is 5.25. The molecule has 25 heavy (non-hydrogen) atoms. The van der Waals surface area contributed by atoms with Gasteiger partial charge in [-0.3, -0.25) is 20.4 Å². The number of thiophene rings is 1. The van der Waals surface area contributed by atoms with E-state index in [0.717, 1.165) is 10.7 Å². The molecule has 3 rings (SSSR count). The van der Waals surface area contributed by atoms with Crippen LogP contribution < -0.4 is 10.9 Å². The predicted molar refractivity (Wildman–Crippen MR) is 97.1 cm³/mol. The van der Waals surface area contributed by atoms with E-state index in [-0.39, 0.29) is 17.6 Å². The van der Waals surface area contributed by atoms with E-state index in [4.69, 9.17) is 0 Å². The molecule has 128 valence electrons. The van der Waals surface area contributed by atoms with Crippen molar-refractivity contribution in [2.45, 2.75) is 5.16 Å². The van der Waals surface area contributed by atoms with E-state index < -0.39 is 0 Å². The first-order chi connectivity index (χ1) is 12.1. The molecule has 9 heteroatoms. The monoisotopic (exact) mass is 373 g/mol. The lowest BCUT2D eigenvalue weighted by Crippen LogP contribution is -2.42. The second-order valence-electron chi connectivity index (χ2n) is 5.00. The Bertz CT molecular complexity index is 862. The molecule has 2 heterocycles. The third-order valence-corrected chi connectivity index (χ3v) is 5.15. The summed E-state index contributed by atoms with van der Waals surface area (Å²) in [6, 6.07) is 12.6. The van der Waals surface area contributed by atoms with Crippen LogP contribution in [0.25, 0.3) is 10.7 Å². The van der Waals surface area contributed by atoms with Crippen molar-refractivity contribution < 1.29 is 9.59 Å². The van der Waals surface area contributed by atoms with Gasteiger partial charge >= 0.3 is 0 Å². The van der Waals surface area contributed by atoms with Crippen molar-refractivity contribution in [1.82, 2.24) is 25.6 Å². The minimum Gasteiger partial charge on any atom is -0.304 e. The quantitative estimate of drug-likeness (QED) is 0.528. The molecule has 0 bridgehead atoms. The van der Waals surface area contributed by atoms with Crippen LogP contribution in [0.15, 0.2) is 53.0 Å². The van der Waals surface area contributed by atoms with Gasteiger partial charge in [-0.05, 0) is 23.6 Å². The van der Waals surface area contributed by atoms with Crippen molar-refractivity contribution in [3.05, 3.63) is 53.4 Å². The van der Waals surface area contributed by atoms with Gasteiger partial charge in [-0.15, -0.1) is 21.5 Å². The number of carbonyl (C=O) groups excluding carboxylic acids is 2. The van der Waals surface area contributed by atoms with Crippen molar-refractivity contribution in [3.8, 4) is 10.7 Å². The summed E-state index contributed by atoms with van der Waals surface area (Å²) in [4.78, 5) is 24.8. The molecule has 0 saturated heterocycles. The Morgan fingerprint density at radius 1 is 1.12 bits per heavy atom. The van der Waals surface area contributed by atoms with Crippen LogP contribution in [0.3, 0.4) is 0 Å². The predicted octanol–water partition coefficient (Wildman–Crippen LogP) is 2.10. The van der Waals surface area contributed by atoms with Gasteiger partial charge in [0.05, 0.1) is 10.6 Å². The van der Waals surface area contributed by atoms with Crippen molar-refractivity contribution in [1.29, 1.82) is 0 Å². The molecule has 2 amide bonds. The van der Waals surface area contributed by atoms with Crippen LogP contribution in [0.5, 0.6) is 0 Å². The molecule has 0 atom stereocenters.